The number of amides is 1. The largest absolute Gasteiger partial charge is 0.339 e. The van der Waals surface area contributed by atoms with Crippen molar-refractivity contribution in [2.24, 2.45) is 7.05 Å². The van der Waals surface area contributed by atoms with E-state index in [0.717, 1.165) is 12.8 Å². The van der Waals surface area contributed by atoms with Gasteiger partial charge in [0.25, 0.3) is 15.9 Å². The van der Waals surface area contributed by atoms with E-state index in [0.29, 0.717) is 29.9 Å². The molecule has 0 saturated carbocycles. The van der Waals surface area contributed by atoms with E-state index in [1.807, 2.05) is 0 Å². The zero-order chi connectivity index (χ0) is 19.1. The summed E-state index contributed by atoms with van der Waals surface area (Å²) in [7, 11) is -2.42. The van der Waals surface area contributed by atoms with Crippen molar-refractivity contribution in [3.8, 4) is 0 Å². The minimum Gasteiger partial charge on any atom is -0.339 e. The lowest BCUT2D eigenvalue weighted by Gasteiger charge is -2.19. The molecule has 1 fully saturated rings. The highest BCUT2D eigenvalue weighted by atomic mass is 35.5. The van der Waals surface area contributed by atoms with Gasteiger partial charge < -0.3 is 4.90 Å². The number of para-hydroxylation sites is 1. The van der Waals surface area contributed by atoms with Crippen LogP contribution < -0.4 is 4.72 Å². The molecule has 1 saturated heterocycles. The predicted octanol–water partition coefficient (Wildman–Crippen LogP) is 2.73. The average molecular weight is 397 g/mol. The number of hydrogen-bond donors (Lipinski definition) is 1. The summed E-state index contributed by atoms with van der Waals surface area (Å²) in [6.45, 7) is 4.71. The summed E-state index contributed by atoms with van der Waals surface area (Å²) in [6.07, 6.45) is 1.92. The van der Waals surface area contributed by atoms with Crippen molar-refractivity contribution in [2.75, 3.05) is 17.8 Å². The lowest BCUT2D eigenvalue weighted by atomic mass is 10.1. The molecule has 1 aromatic heterocycles. The van der Waals surface area contributed by atoms with Crippen molar-refractivity contribution >= 4 is 33.2 Å². The number of benzene rings is 1. The quantitative estimate of drug-likeness (QED) is 0.861. The lowest BCUT2D eigenvalue weighted by molar-refractivity contribution is 0.0794. The van der Waals surface area contributed by atoms with Gasteiger partial charge in [0.2, 0.25) is 0 Å². The standard InChI is InChI=1S/C17H21ClN4O3S/c1-11-7-6-8-13(17(23)22-9-4-5-10-22)14(11)20-26(24,25)15-12(2)19-21(3)16(15)18/h6-8,20H,4-5,9-10H2,1-3H3. The second-order valence-electron chi connectivity index (χ2n) is 6.43. The normalized spacial score (nSPS) is 14.7. The molecule has 3 rings (SSSR count). The fourth-order valence-electron chi connectivity index (χ4n) is 3.17. The molecule has 1 amide bonds. The van der Waals surface area contributed by atoms with Gasteiger partial charge in [-0.2, -0.15) is 5.10 Å². The third kappa shape index (κ3) is 3.31. The van der Waals surface area contributed by atoms with Crippen LogP contribution in [0.1, 0.15) is 34.5 Å². The first-order valence-corrected chi connectivity index (χ1v) is 10.2. The highest BCUT2D eigenvalue weighted by Crippen LogP contribution is 2.30. The Bertz CT molecular complexity index is 963. The molecule has 26 heavy (non-hydrogen) atoms. The fourth-order valence-corrected chi connectivity index (χ4v) is 5.08. The second kappa shape index (κ2) is 6.92. The monoisotopic (exact) mass is 396 g/mol. The van der Waals surface area contributed by atoms with Gasteiger partial charge in [-0.15, -0.1) is 0 Å². The number of carbonyl (C=O) groups excluding carboxylic acids is 1. The van der Waals surface area contributed by atoms with E-state index in [4.69, 9.17) is 11.6 Å². The van der Waals surface area contributed by atoms with Gasteiger partial charge in [-0.3, -0.25) is 14.2 Å². The fraction of sp³-hybridized carbons (Fsp3) is 0.412. The van der Waals surface area contributed by atoms with Gasteiger partial charge in [0, 0.05) is 20.1 Å². The predicted molar refractivity (Wildman–Crippen MR) is 100 cm³/mol. The minimum atomic E-state index is -3.99. The number of nitrogens with zero attached hydrogens (tertiary/aromatic N) is 3. The van der Waals surface area contributed by atoms with E-state index in [2.05, 4.69) is 9.82 Å². The lowest BCUT2D eigenvalue weighted by Crippen LogP contribution is -2.29. The summed E-state index contributed by atoms with van der Waals surface area (Å²) in [4.78, 5) is 14.5. The van der Waals surface area contributed by atoms with Crippen LogP contribution in [-0.2, 0) is 17.1 Å². The summed E-state index contributed by atoms with van der Waals surface area (Å²) in [5, 5.41) is 4.08. The number of hydrogen-bond acceptors (Lipinski definition) is 4. The Morgan fingerprint density at radius 3 is 2.46 bits per heavy atom. The van der Waals surface area contributed by atoms with Gasteiger partial charge in [-0.1, -0.05) is 23.7 Å². The van der Waals surface area contributed by atoms with Crippen LogP contribution in [0.5, 0.6) is 0 Å². The number of aryl methyl sites for hydroxylation is 3. The number of sulfonamides is 1. The van der Waals surface area contributed by atoms with Crippen molar-refractivity contribution in [3.63, 3.8) is 0 Å². The van der Waals surface area contributed by atoms with Crippen LogP contribution >= 0.6 is 11.6 Å². The Kier molecular flexibility index (Phi) is 4.98. The number of carbonyl (C=O) groups is 1. The van der Waals surface area contributed by atoms with Gasteiger partial charge in [-0.05, 0) is 38.3 Å². The van der Waals surface area contributed by atoms with E-state index in [1.165, 1.54) is 4.68 Å². The third-order valence-corrected chi connectivity index (χ3v) is 6.55. The van der Waals surface area contributed by atoms with E-state index in [9.17, 15) is 13.2 Å². The molecule has 7 nitrogen and oxygen atoms in total. The van der Waals surface area contributed by atoms with Crippen LogP contribution in [0.2, 0.25) is 5.15 Å². The van der Waals surface area contributed by atoms with Crippen LogP contribution in [0.15, 0.2) is 23.1 Å². The molecular formula is C17H21ClN4O3S. The van der Waals surface area contributed by atoms with Crippen molar-refractivity contribution in [1.82, 2.24) is 14.7 Å². The van der Waals surface area contributed by atoms with Crippen molar-refractivity contribution in [3.05, 3.63) is 40.2 Å². The smallest absolute Gasteiger partial charge is 0.266 e. The maximum atomic E-state index is 12.9. The SMILES string of the molecule is Cc1cccc(C(=O)N2CCCC2)c1NS(=O)(=O)c1c(C)nn(C)c1Cl. The molecule has 2 heterocycles. The zero-order valence-electron chi connectivity index (χ0n) is 14.9. The molecule has 1 aliphatic rings. The van der Waals surface area contributed by atoms with Crippen molar-refractivity contribution in [1.29, 1.82) is 0 Å². The number of nitrogens with one attached hydrogen (secondary N) is 1. The summed E-state index contributed by atoms with van der Waals surface area (Å²) in [6, 6.07) is 5.15. The maximum absolute atomic E-state index is 12.9. The van der Waals surface area contributed by atoms with Gasteiger partial charge >= 0.3 is 0 Å². The topological polar surface area (TPSA) is 84.3 Å². The number of halogens is 1. The first-order chi connectivity index (χ1) is 12.2. The molecule has 1 aliphatic heterocycles. The maximum Gasteiger partial charge on any atom is 0.266 e. The van der Waals surface area contributed by atoms with Crippen LogP contribution in [0.25, 0.3) is 0 Å². The summed E-state index contributed by atoms with van der Waals surface area (Å²) >= 11 is 6.12. The Hall–Kier alpha value is -2.06. The van der Waals surface area contributed by atoms with Gasteiger partial charge in [0.15, 0.2) is 0 Å². The first kappa shape index (κ1) is 18.7. The molecule has 2 aromatic rings. The molecule has 140 valence electrons. The van der Waals surface area contributed by atoms with Crippen molar-refractivity contribution < 1.29 is 13.2 Å². The number of likely N-dealkylation sites (tertiary alicyclic amines) is 1. The van der Waals surface area contributed by atoms with Crippen LogP contribution in [0.4, 0.5) is 5.69 Å². The third-order valence-electron chi connectivity index (χ3n) is 4.50. The van der Waals surface area contributed by atoms with Crippen LogP contribution in [0.3, 0.4) is 0 Å². The Morgan fingerprint density at radius 2 is 1.88 bits per heavy atom. The van der Waals surface area contributed by atoms with E-state index in [-0.39, 0.29) is 21.6 Å². The summed E-state index contributed by atoms with van der Waals surface area (Å²) in [5.41, 5.74) is 1.58. The Morgan fingerprint density at radius 1 is 1.23 bits per heavy atom. The highest BCUT2D eigenvalue weighted by molar-refractivity contribution is 7.93. The van der Waals surface area contributed by atoms with Gasteiger partial charge in [0.05, 0.1) is 16.9 Å². The minimum absolute atomic E-state index is 0.0241. The average Bonchev–Trinajstić information content (AvgIpc) is 3.17. The van der Waals surface area contributed by atoms with Crippen LogP contribution in [0, 0.1) is 13.8 Å². The van der Waals surface area contributed by atoms with Gasteiger partial charge in [-0.25, -0.2) is 8.42 Å². The van der Waals surface area contributed by atoms with Gasteiger partial charge in [0.1, 0.15) is 10.0 Å². The number of anilines is 1. The Balaban J connectivity index is 2.03. The van der Waals surface area contributed by atoms with Crippen LogP contribution in [-0.4, -0.2) is 42.1 Å². The molecule has 1 aromatic carbocycles. The molecule has 0 spiro atoms. The Labute approximate surface area is 158 Å². The molecule has 0 radical (unpaired) electrons. The number of rotatable bonds is 4. The molecule has 0 unspecified atom stereocenters. The second-order valence-corrected chi connectivity index (χ2v) is 8.41. The summed E-state index contributed by atoms with van der Waals surface area (Å²) < 4.78 is 29.7. The van der Waals surface area contributed by atoms with E-state index in [1.54, 1.807) is 44.0 Å². The number of aromatic nitrogens is 2. The first-order valence-electron chi connectivity index (χ1n) is 8.33. The zero-order valence-corrected chi connectivity index (χ0v) is 16.5. The highest BCUT2D eigenvalue weighted by Gasteiger charge is 2.29. The summed E-state index contributed by atoms with van der Waals surface area (Å²) in [5.74, 6) is -0.169. The molecule has 0 atom stereocenters. The van der Waals surface area contributed by atoms with E-state index < -0.39 is 10.0 Å². The molecule has 1 N–H and O–H groups in total. The molecule has 0 bridgehead atoms. The van der Waals surface area contributed by atoms with Crippen molar-refractivity contribution in [2.45, 2.75) is 31.6 Å². The van der Waals surface area contributed by atoms with E-state index >= 15 is 0 Å². The molecule has 9 heteroatoms. The molecular weight excluding hydrogens is 376 g/mol. The molecule has 0 aliphatic carbocycles.